The molecule has 0 aliphatic heterocycles. The predicted molar refractivity (Wildman–Crippen MR) is 79.7 cm³/mol. The van der Waals surface area contributed by atoms with Crippen molar-refractivity contribution < 1.29 is 19.4 Å². The van der Waals surface area contributed by atoms with Crippen LogP contribution in [0.15, 0.2) is 52.3 Å². The van der Waals surface area contributed by atoms with Gasteiger partial charge in [0.15, 0.2) is 5.76 Å². The van der Waals surface area contributed by atoms with E-state index < -0.39 is 11.7 Å². The fourth-order valence-corrected chi connectivity index (χ4v) is 2.54. The third-order valence-electron chi connectivity index (χ3n) is 2.87. The van der Waals surface area contributed by atoms with Gasteiger partial charge in [-0.2, -0.15) is 0 Å². The van der Waals surface area contributed by atoms with Crippen molar-refractivity contribution in [2.45, 2.75) is 0 Å². The Morgan fingerprint density at radius 2 is 1.81 bits per heavy atom. The number of nitrogens with one attached hydrogen (secondary N) is 1. The highest BCUT2D eigenvalue weighted by molar-refractivity contribution is 7.13. The van der Waals surface area contributed by atoms with Crippen LogP contribution in [-0.2, 0) is 0 Å². The zero-order valence-electron chi connectivity index (χ0n) is 10.7. The average molecular weight is 301 g/mol. The molecule has 0 unspecified atom stereocenters. The van der Waals surface area contributed by atoms with E-state index in [1.54, 1.807) is 42.5 Å². The maximum Gasteiger partial charge on any atom is 0.258 e. The first kappa shape index (κ1) is 13.3. The van der Waals surface area contributed by atoms with Crippen LogP contribution in [0.3, 0.4) is 0 Å². The number of hydrogen-bond donors (Lipinski definition) is 3. The van der Waals surface area contributed by atoms with Crippen LogP contribution in [0.2, 0.25) is 0 Å². The molecule has 3 N–H and O–H groups in total. The number of furan rings is 1. The van der Waals surface area contributed by atoms with Crippen molar-refractivity contribution in [1.82, 2.24) is 0 Å². The summed E-state index contributed by atoms with van der Waals surface area (Å²) in [6.45, 7) is 0. The second kappa shape index (κ2) is 5.34. The van der Waals surface area contributed by atoms with Crippen molar-refractivity contribution in [2.24, 2.45) is 0 Å². The van der Waals surface area contributed by atoms with Crippen molar-refractivity contribution in [3.05, 3.63) is 53.4 Å². The minimum absolute atomic E-state index is 0.130. The Kier molecular flexibility index (Phi) is 3.37. The SMILES string of the molecule is O=C(Nc1oc(-c2cccs2)c(O)c1O)c1ccccc1. The fourth-order valence-electron chi connectivity index (χ4n) is 1.84. The van der Waals surface area contributed by atoms with Gasteiger partial charge in [-0.1, -0.05) is 24.3 Å². The molecule has 3 aromatic rings. The van der Waals surface area contributed by atoms with E-state index in [9.17, 15) is 15.0 Å². The number of aromatic hydroxyl groups is 2. The Hall–Kier alpha value is -2.73. The Morgan fingerprint density at radius 3 is 2.48 bits per heavy atom. The van der Waals surface area contributed by atoms with Gasteiger partial charge >= 0.3 is 0 Å². The number of carbonyl (C=O) groups excluding carboxylic acids is 1. The molecule has 0 aliphatic rings. The second-order valence-corrected chi connectivity index (χ2v) is 5.20. The molecule has 1 aromatic carbocycles. The van der Waals surface area contributed by atoms with Crippen LogP contribution in [0.25, 0.3) is 10.6 Å². The summed E-state index contributed by atoms with van der Waals surface area (Å²) >= 11 is 1.35. The molecule has 106 valence electrons. The zero-order valence-corrected chi connectivity index (χ0v) is 11.6. The lowest BCUT2D eigenvalue weighted by atomic mass is 10.2. The molecule has 21 heavy (non-hydrogen) atoms. The first-order chi connectivity index (χ1) is 10.2. The molecular weight excluding hydrogens is 290 g/mol. The molecule has 3 rings (SSSR count). The van der Waals surface area contributed by atoms with Crippen LogP contribution < -0.4 is 5.32 Å². The van der Waals surface area contributed by atoms with Crippen molar-refractivity contribution in [2.75, 3.05) is 5.32 Å². The molecule has 0 saturated heterocycles. The standard InChI is InChI=1S/C15H11NO4S/c17-11-12(18)15(20-13(11)10-7-4-8-21-10)16-14(19)9-5-2-1-3-6-9/h1-8,17-18H,(H,16,19). The zero-order chi connectivity index (χ0) is 14.8. The van der Waals surface area contributed by atoms with Crippen LogP contribution >= 0.6 is 11.3 Å². The van der Waals surface area contributed by atoms with Crippen LogP contribution in [0, 0.1) is 0 Å². The molecule has 1 amide bonds. The second-order valence-electron chi connectivity index (χ2n) is 4.25. The van der Waals surface area contributed by atoms with E-state index in [2.05, 4.69) is 5.32 Å². The van der Waals surface area contributed by atoms with E-state index in [1.165, 1.54) is 11.3 Å². The van der Waals surface area contributed by atoms with Gasteiger partial charge in [0.05, 0.1) is 4.88 Å². The molecule has 0 aliphatic carbocycles. The summed E-state index contributed by atoms with van der Waals surface area (Å²) in [5, 5.41) is 24.0. The molecule has 0 saturated carbocycles. The summed E-state index contributed by atoms with van der Waals surface area (Å²) in [4.78, 5) is 12.7. The summed E-state index contributed by atoms with van der Waals surface area (Å²) in [5.41, 5.74) is 0.422. The molecule has 0 fully saturated rings. The van der Waals surface area contributed by atoms with E-state index in [0.717, 1.165) is 0 Å². The van der Waals surface area contributed by atoms with Crippen LogP contribution in [0.1, 0.15) is 10.4 Å². The molecule has 5 nitrogen and oxygen atoms in total. The van der Waals surface area contributed by atoms with Gasteiger partial charge in [-0.25, -0.2) is 0 Å². The molecule has 0 spiro atoms. The van der Waals surface area contributed by atoms with Gasteiger partial charge in [0, 0.05) is 5.56 Å². The van der Waals surface area contributed by atoms with Gasteiger partial charge in [0.2, 0.25) is 17.4 Å². The predicted octanol–water partition coefficient (Wildman–Crippen LogP) is 3.67. The van der Waals surface area contributed by atoms with Crippen molar-refractivity contribution in [3.63, 3.8) is 0 Å². The maximum atomic E-state index is 12.0. The van der Waals surface area contributed by atoms with Crippen molar-refractivity contribution in [3.8, 4) is 22.1 Å². The van der Waals surface area contributed by atoms with E-state index >= 15 is 0 Å². The lowest BCUT2D eigenvalue weighted by Crippen LogP contribution is -2.10. The molecular formula is C15H11NO4S. The quantitative estimate of drug-likeness (QED) is 0.689. The highest BCUT2D eigenvalue weighted by Gasteiger charge is 2.22. The summed E-state index contributed by atoms with van der Waals surface area (Å²) < 4.78 is 5.36. The number of rotatable bonds is 3. The molecule has 0 radical (unpaired) electrons. The normalized spacial score (nSPS) is 10.5. The fraction of sp³-hybridized carbons (Fsp3) is 0. The smallest absolute Gasteiger partial charge is 0.258 e. The summed E-state index contributed by atoms with van der Waals surface area (Å²) in [7, 11) is 0. The molecule has 6 heteroatoms. The average Bonchev–Trinajstić information content (AvgIpc) is 3.12. The first-order valence-corrected chi connectivity index (χ1v) is 7.00. The third-order valence-corrected chi connectivity index (χ3v) is 3.74. The minimum atomic E-state index is -0.484. The Morgan fingerprint density at radius 1 is 1.05 bits per heavy atom. The number of anilines is 1. The lowest BCUT2D eigenvalue weighted by molar-refractivity contribution is 0.102. The largest absolute Gasteiger partial charge is 0.502 e. The van der Waals surface area contributed by atoms with Gasteiger partial charge in [-0.3, -0.25) is 10.1 Å². The Bertz CT molecular complexity index is 763. The maximum absolute atomic E-state index is 12.0. The number of benzene rings is 1. The third kappa shape index (κ3) is 2.48. The number of carbonyl (C=O) groups is 1. The highest BCUT2D eigenvalue weighted by Crippen LogP contribution is 2.46. The molecule has 2 heterocycles. The van der Waals surface area contributed by atoms with Crippen LogP contribution in [-0.4, -0.2) is 16.1 Å². The van der Waals surface area contributed by atoms with Gasteiger partial charge in [-0.05, 0) is 23.6 Å². The van der Waals surface area contributed by atoms with Crippen molar-refractivity contribution >= 4 is 23.1 Å². The van der Waals surface area contributed by atoms with Gasteiger partial charge in [-0.15, -0.1) is 11.3 Å². The Balaban J connectivity index is 1.90. The van der Waals surface area contributed by atoms with E-state index in [4.69, 9.17) is 4.42 Å². The molecule has 2 aromatic heterocycles. The molecule has 0 atom stereocenters. The van der Waals surface area contributed by atoms with Crippen LogP contribution in [0.5, 0.6) is 11.5 Å². The summed E-state index contributed by atoms with van der Waals surface area (Å²) in [5.74, 6) is -1.35. The number of thiophene rings is 1. The number of hydrogen-bond acceptors (Lipinski definition) is 5. The lowest BCUT2D eigenvalue weighted by Gasteiger charge is -2.01. The summed E-state index contributed by atoms with van der Waals surface area (Å²) in [6.07, 6.45) is 0. The first-order valence-electron chi connectivity index (χ1n) is 6.12. The highest BCUT2D eigenvalue weighted by atomic mass is 32.1. The minimum Gasteiger partial charge on any atom is -0.502 e. The summed E-state index contributed by atoms with van der Waals surface area (Å²) in [6, 6.07) is 12.1. The van der Waals surface area contributed by atoms with Crippen LogP contribution in [0.4, 0.5) is 5.88 Å². The van der Waals surface area contributed by atoms with Gasteiger partial charge in [0.25, 0.3) is 5.91 Å². The monoisotopic (exact) mass is 301 g/mol. The van der Waals surface area contributed by atoms with Gasteiger partial charge in [0.1, 0.15) is 0 Å². The van der Waals surface area contributed by atoms with E-state index in [-0.39, 0.29) is 17.4 Å². The topological polar surface area (TPSA) is 82.7 Å². The van der Waals surface area contributed by atoms with Crippen molar-refractivity contribution in [1.29, 1.82) is 0 Å². The Labute approximate surface area is 124 Å². The number of amides is 1. The van der Waals surface area contributed by atoms with Gasteiger partial charge < -0.3 is 14.6 Å². The van der Waals surface area contributed by atoms with E-state index in [0.29, 0.717) is 10.4 Å². The molecule has 0 bridgehead atoms. The van der Waals surface area contributed by atoms with E-state index in [1.807, 2.05) is 5.38 Å².